The third-order valence-electron chi connectivity index (χ3n) is 5.80. The number of carbonyl (C=O) groups is 4. The maximum Gasteiger partial charge on any atom is 0.308 e. The van der Waals surface area contributed by atoms with Gasteiger partial charge in [-0.05, 0) is 42.8 Å². The molecule has 2 N–H and O–H groups in total. The van der Waals surface area contributed by atoms with Crippen molar-refractivity contribution in [1.82, 2.24) is 10.2 Å². The summed E-state index contributed by atoms with van der Waals surface area (Å²) in [7, 11) is 1.72. The highest BCUT2D eigenvalue weighted by Gasteiger charge is 2.34. The van der Waals surface area contributed by atoms with E-state index >= 15 is 0 Å². The van der Waals surface area contributed by atoms with Gasteiger partial charge in [0.05, 0.1) is 19.6 Å². The van der Waals surface area contributed by atoms with Crippen LogP contribution in [0.1, 0.15) is 36.5 Å². The lowest BCUT2D eigenvalue weighted by Crippen LogP contribution is -2.58. The van der Waals surface area contributed by atoms with Gasteiger partial charge in [-0.25, -0.2) is 0 Å². The highest BCUT2D eigenvalue weighted by molar-refractivity contribution is 6.05. The van der Waals surface area contributed by atoms with Crippen LogP contribution in [-0.2, 0) is 19.1 Å². The highest BCUT2D eigenvalue weighted by Crippen LogP contribution is 2.17. The third kappa shape index (κ3) is 7.05. The lowest BCUT2D eigenvalue weighted by atomic mass is 10.1. The minimum absolute atomic E-state index is 0.0497. The van der Waals surface area contributed by atoms with Gasteiger partial charge in [-0.3, -0.25) is 19.2 Å². The molecule has 9 nitrogen and oxygen atoms in total. The summed E-state index contributed by atoms with van der Waals surface area (Å²) in [6.45, 7) is 2.89. The summed E-state index contributed by atoms with van der Waals surface area (Å²) in [6, 6.07) is 15.3. The van der Waals surface area contributed by atoms with Crippen molar-refractivity contribution in [3.8, 4) is 0 Å². The second kappa shape index (κ2) is 12.5. The normalized spacial score (nSPS) is 15.2. The molecule has 0 aromatic heterocycles. The van der Waals surface area contributed by atoms with Crippen molar-refractivity contribution in [3.63, 3.8) is 0 Å². The minimum atomic E-state index is -0.888. The summed E-state index contributed by atoms with van der Waals surface area (Å²) in [4.78, 5) is 53.0. The monoisotopic (exact) mass is 480 g/mol. The van der Waals surface area contributed by atoms with Gasteiger partial charge in [0.2, 0.25) is 11.8 Å². The molecule has 1 heterocycles. The SMILES string of the molecule is CCCCOC(=O)CC1C(=O)NCCN1C(=O)CNc1ccc(C(=O)N(C)c2ccccc2)cc1. The smallest absolute Gasteiger partial charge is 0.308 e. The molecule has 35 heavy (non-hydrogen) atoms. The molecule has 1 aliphatic heterocycles. The fourth-order valence-electron chi connectivity index (χ4n) is 3.74. The summed E-state index contributed by atoms with van der Waals surface area (Å²) < 4.78 is 5.16. The molecule has 2 aromatic carbocycles. The molecule has 1 saturated heterocycles. The predicted octanol–water partition coefficient (Wildman–Crippen LogP) is 2.44. The number of unbranched alkanes of at least 4 members (excludes halogenated alkanes) is 1. The van der Waals surface area contributed by atoms with Gasteiger partial charge in [0, 0.05) is 37.1 Å². The maximum absolute atomic E-state index is 12.9. The Kier molecular flexibility index (Phi) is 9.23. The van der Waals surface area contributed by atoms with Gasteiger partial charge < -0.3 is 25.2 Å². The molecule has 1 aliphatic rings. The summed E-state index contributed by atoms with van der Waals surface area (Å²) in [5, 5.41) is 5.74. The van der Waals surface area contributed by atoms with E-state index in [2.05, 4.69) is 10.6 Å². The van der Waals surface area contributed by atoms with Gasteiger partial charge in [-0.2, -0.15) is 0 Å². The number of piperazine rings is 1. The first-order valence-corrected chi connectivity index (χ1v) is 11.8. The zero-order chi connectivity index (χ0) is 25.2. The molecule has 1 fully saturated rings. The van der Waals surface area contributed by atoms with Crippen LogP contribution in [0.2, 0.25) is 0 Å². The van der Waals surface area contributed by atoms with E-state index < -0.39 is 12.0 Å². The van der Waals surface area contributed by atoms with E-state index in [1.807, 2.05) is 37.3 Å². The molecular formula is C26H32N4O5. The van der Waals surface area contributed by atoms with E-state index in [-0.39, 0.29) is 30.7 Å². The maximum atomic E-state index is 12.9. The number of carbonyl (C=O) groups excluding carboxylic acids is 4. The summed E-state index contributed by atoms with van der Waals surface area (Å²) >= 11 is 0. The molecule has 2 aromatic rings. The molecule has 1 atom stereocenters. The van der Waals surface area contributed by atoms with Crippen LogP contribution in [0, 0.1) is 0 Å². The van der Waals surface area contributed by atoms with Crippen molar-refractivity contribution in [3.05, 3.63) is 60.2 Å². The standard InChI is InChI=1S/C26H32N4O5/c1-3-4-16-35-24(32)17-22-25(33)27-14-15-30(22)23(31)18-28-20-12-10-19(11-13-20)26(34)29(2)21-8-6-5-7-9-21/h5-13,22,28H,3-4,14-18H2,1-2H3,(H,27,33). The number of benzene rings is 2. The molecule has 0 bridgehead atoms. The average molecular weight is 481 g/mol. The Labute approximate surface area is 205 Å². The van der Waals surface area contributed by atoms with Crippen LogP contribution < -0.4 is 15.5 Å². The number of para-hydroxylation sites is 1. The number of hydrogen-bond donors (Lipinski definition) is 2. The van der Waals surface area contributed by atoms with E-state index in [9.17, 15) is 19.2 Å². The second-order valence-electron chi connectivity index (χ2n) is 8.30. The van der Waals surface area contributed by atoms with Crippen LogP contribution in [0.15, 0.2) is 54.6 Å². The molecule has 9 heteroatoms. The molecule has 3 amide bonds. The molecular weight excluding hydrogens is 448 g/mol. The van der Waals surface area contributed by atoms with Gasteiger partial charge in [0.25, 0.3) is 5.91 Å². The fraction of sp³-hybridized carbons (Fsp3) is 0.385. The topological polar surface area (TPSA) is 108 Å². The molecule has 0 aliphatic carbocycles. The predicted molar refractivity (Wildman–Crippen MR) is 133 cm³/mol. The van der Waals surface area contributed by atoms with Gasteiger partial charge in [-0.15, -0.1) is 0 Å². The van der Waals surface area contributed by atoms with Gasteiger partial charge in [0.1, 0.15) is 6.04 Å². The van der Waals surface area contributed by atoms with E-state index in [1.165, 1.54) is 4.90 Å². The Hall–Kier alpha value is -3.88. The Bertz CT molecular complexity index is 1030. The molecule has 3 rings (SSSR count). The Morgan fingerprint density at radius 3 is 2.51 bits per heavy atom. The van der Waals surface area contributed by atoms with E-state index in [4.69, 9.17) is 4.74 Å². The van der Waals surface area contributed by atoms with E-state index in [0.717, 1.165) is 18.5 Å². The van der Waals surface area contributed by atoms with Gasteiger partial charge >= 0.3 is 5.97 Å². The second-order valence-corrected chi connectivity index (χ2v) is 8.30. The van der Waals surface area contributed by atoms with Crippen molar-refractivity contribution < 1.29 is 23.9 Å². The Morgan fingerprint density at radius 2 is 1.83 bits per heavy atom. The summed E-state index contributed by atoms with van der Waals surface area (Å²) in [5.74, 6) is -1.29. The fourth-order valence-corrected chi connectivity index (χ4v) is 3.74. The lowest BCUT2D eigenvalue weighted by molar-refractivity contribution is -0.151. The number of nitrogens with zero attached hydrogens (tertiary/aromatic N) is 2. The van der Waals surface area contributed by atoms with Crippen molar-refractivity contribution >= 4 is 35.1 Å². The number of ether oxygens (including phenoxy) is 1. The highest BCUT2D eigenvalue weighted by atomic mass is 16.5. The number of anilines is 2. The number of amides is 3. The summed E-state index contributed by atoms with van der Waals surface area (Å²) in [5.41, 5.74) is 1.97. The molecule has 0 radical (unpaired) electrons. The molecule has 186 valence electrons. The first-order chi connectivity index (χ1) is 16.9. The zero-order valence-corrected chi connectivity index (χ0v) is 20.2. The van der Waals surface area contributed by atoms with E-state index in [0.29, 0.717) is 30.9 Å². The quantitative estimate of drug-likeness (QED) is 0.400. The third-order valence-corrected chi connectivity index (χ3v) is 5.80. The van der Waals surface area contributed by atoms with Crippen molar-refractivity contribution in [1.29, 1.82) is 0 Å². The largest absolute Gasteiger partial charge is 0.466 e. The van der Waals surface area contributed by atoms with Gasteiger partial charge in [0.15, 0.2) is 0 Å². The van der Waals surface area contributed by atoms with Crippen LogP contribution in [0.5, 0.6) is 0 Å². The Morgan fingerprint density at radius 1 is 1.11 bits per heavy atom. The average Bonchev–Trinajstić information content (AvgIpc) is 2.88. The van der Waals surface area contributed by atoms with Crippen LogP contribution in [-0.4, -0.2) is 67.9 Å². The number of hydrogen-bond acceptors (Lipinski definition) is 6. The van der Waals surface area contributed by atoms with Crippen molar-refractivity contribution in [2.45, 2.75) is 32.2 Å². The van der Waals surface area contributed by atoms with Crippen LogP contribution in [0.3, 0.4) is 0 Å². The molecule has 1 unspecified atom stereocenters. The minimum Gasteiger partial charge on any atom is -0.466 e. The van der Waals surface area contributed by atoms with Crippen LogP contribution >= 0.6 is 0 Å². The first kappa shape index (κ1) is 25.7. The van der Waals surface area contributed by atoms with Crippen LogP contribution in [0.4, 0.5) is 11.4 Å². The first-order valence-electron chi connectivity index (χ1n) is 11.8. The van der Waals surface area contributed by atoms with E-state index in [1.54, 1.807) is 36.2 Å². The van der Waals surface area contributed by atoms with Crippen molar-refractivity contribution in [2.75, 3.05) is 43.5 Å². The lowest BCUT2D eigenvalue weighted by Gasteiger charge is -2.34. The number of rotatable bonds is 10. The van der Waals surface area contributed by atoms with Gasteiger partial charge in [-0.1, -0.05) is 31.5 Å². The zero-order valence-electron chi connectivity index (χ0n) is 20.2. The summed E-state index contributed by atoms with van der Waals surface area (Å²) in [6.07, 6.45) is 1.47. The molecule has 0 spiro atoms. The molecule has 0 saturated carbocycles. The Balaban J connectivity index is 1.56. The van der Waals surface area contributed by atoms with Crippen molar-refractivity contribution in [2.24, 2.45) is 0 Å². The van der Waals surface area contributed by atoms with Crippen LogP contribution in [0.25, 0.3) is 0 Å². The number of nitrogens with one attached hydrogen (secondary N) is 2. The number of esters is 1.